The third kappa shape index (κ3) is 5.14. The van der Waals surface area contributed by atoms with Crippen LogP contribution >= 0.6 is 0 Å². The Bertz CT molecular complexity index is 1210. The van der Waals surface area contributed by atoms with Gasteiger partial charge in [0.1, 0.15) is 22.9 Å². The molecule has 0 radical (unpaired) electrons. The Kier molecular flexibility index (Phi) is 6.72. The number of cyclic esters (lactones) is 1. The first-order valence-corrected chi connectivity index (χ1v) is 11.0. The van der Waals surface area contributed by atoms with Crippen LogP contribution in [0.4, 0.5) is 0 Å². The molecule has 0 saturated carbocycles. The number of carbonyl (C=O) groups excluding carboxylic acids is 1. The van der Waals surface area contributed by atoms with Crippen molar-refractivity contribution >= 4 is 12.0 Å². The summed E-state index contributed by atoms with van der Waals surface area (Å²) in [6.45, 7) is 5.77. The Morgan fingerprint density at radius 1 is 1.06 bits per heavy atom. The van der Waals surface area contributed by atoms with Crippen LogP contribution in [-0.4, -0.2) is 31.4 Å². The zero-order chi connectivity index (χ0) is 24.2. The molecule has 7 nitrogen and oxygen atoms in total. The van der Waals surface area contributed by atoms with Crippen LogP contribution in [0.3, 0.4) is 0 Å². The second kappa shape index (κ2) is 9.87. The maximum absolute atomic E-state index is 11.9. The van der Waals surface area contributed by atoms with Crippen LogP contribution in [0.1, 0.15) is 34.7 Å². The first kappa shape index (κ1) is 23.2. The number of methoxy groups -OCH3 is 2. The molecular formula is C27H28N2O5. The average Bonchev–Trinajstić information content (AvgIpc) is 3.13. The van der Waals surface area contributed by atoms with E-state index in [4.69, 9.17) is 18.9 Å². The van der Waals surface area contributed by atoms with Crippen LogP contribution in [0.5, 0.6) is 23.1 Å². The molecule has 1 atom stereocenters. The fourth-order valence-electron chi connectivity index (χ4n) is 3.96. The van der Waals surface area contributed by atoms with E-state index < -0.39 is 0 Å². The SMILES string of the molecule is COc1ccc(Cc2cc(Oc3c(C)cc(/C=C4\NC(C)OC4=O)cc3C)ccc2OC)cn1. The van der Waals surface area contributed by atoms with E-state index in [1.165, 1.54) is 0 Å². The highest BCUT2D eigenvalue weighted by Crippen LogP contribution is 2.34. The molecule has 7 heteroatoms. The lowest BCUT2D eigenvalue weighted by atomic mass is 10.0. The molecule has 1 fully saturated rings. The molecule has 1 saturated heterocycles. The normalized spacial score (nSPS) is 16.2. The summed E-state index contributed by atoms with van der Waals surface area (Å²) in [5.41, 5.74) is 5.30. The number of aromatic nitrogens is 1. The molecule has 4 rings (SSSR count). The van der Waals surface area contributed by atoms with E-state index >= 15 is 0 Å². The molecule has 0 spiro atoms. The van der Waals surface area contributed by atoms with Gasteiger partial charge in [0.15, 0.2) is 6.23 Å². The van der Waals surface area contributed by atoms with Crippen LogP contribution in [-0.2, 0) is 16.0 Å². The summed E-state index contributed by atoms with van der Waals surface area (Å²) in [6, 6.07) is 13.6. The lowest BCUT2D eigenvalue weighted by molar-refractivity contribution is -0.138. The molecule has 1 aliphatic rings. The summed E-state index contributed by atoms with van der Waals surface area (Å²) in [6.07, 6.45) is 3.91. The Hall–Kier alpha value is -4.00. The van der Waals surface area contributed by atoms with Crippen molar-refractivity contribution in [3.05, 3.63) is 82.2 Å². The number of nitrogens with zero attached hydrogens (tertiary/aromatic N) is 1. The first-order chi connectivity index (χ1) is 16.4. The quantitative estimate of drug-likeness (QED) is 0.396. The predicted octanol–water partition coefficient (Wildman–Crippen LogP) is 4.93. The van der Waals surface area contributed by atoms with Crippen molar-refractivity contribution in [1.82, 2.24) is 10.3 Å². The van der Waals surface area contributed by atoms with Gasteiger partial charge in [-0.25, -0.2) is 9.78 Å². The number of esters is 1. The smallest absolute Gasteiger partial charge is 0.356 e. The zero-order valence-corrected chi connectivity index (χ0v) is 20.0. The molecule has 0 aliphatic carbocycles. The number of rotatable bonds is 7. The van der Waals surface area contributed by atoms with E-state index in [2.05, 4.69) is 10.3 Å². The number of hydrogen-bond donors (Lipinski definition) is 1. The van der Waals surface area contributed by atoms with Crippen LogP contribution in [0.2, 0.25) is 0 Å². The van der Waals surface area contributed by atoms with Crippen molar-refractivity contribution in [3.63, 3.8) is 0 Å². The van der Waals surface area contributed by atoms with E-state index in [0.29, 0.717) is 23.7 Å². The van der Waals surface area contributed by atoms with E-state index in [9.17, 15) is 4.79 Å². The van der Waals surface area contributed by atoms with Gasteiger partial charge >= 0.3 is 5.97 Å². The predicted molar refractivity (Wildman–Crippen MR) is 129 cm³/mol. The molecule has 0 amide bonds. The largest absolute Gasteiger partial charge is 0.496 e. The molecule has 0 bridgehead atoms. The molecule has 1 aromatic heterocycles. The fourth-order valence-corrected chi connectivity index (χ4v) is 3.96. The molecule has 3 aromatic rings. The first-order valence-electron chi connectivity index (χ1n) is 11.0. The Labute approximate surface area is 199 Å². The van der Waals surface area contributed by atoms with Gasteiger partial charge in [-0.2, -0.15) is 0 Å². The minimum Gasteiger partial charge on any atom is -0.496 e. The molecule has 1 N–H and O–H groups in total. The van der Waals surface area contributed by atoms with Gasteiger partial charge in [0.2, 0.25) is 5.88 Å². The van der Waals surface area contributed by atoms with Gasteiger partial charge in [-0.15, -0.1) is 0 Å². The van der Waals surface area contributed by atoms with E-state index in [-0.39, 0.29) is 12.2 Å². The van der Waals surface area contributed by atoms with Crippen LogP contribution in [0, 0.1) is 13.8 Å². The van der Waals surface area contributed by atoms with Crippen molar-refractivity contribution in [2.75, 3.05) is 14.2 Å². The maximum Gasteiger partial charge on any atom is 0.356 e. The molecule has 2 aromatic carbocycles. The molecule has 1 unspecified atom stereocenters. The lowest BCUT2D eigenvalue weighted by Crippen LogP contribution is -2.16. The number of nitrogens with one attached hydrogen (secondary N) is 1. The highest BCUT2D eigenvalue weighted by Gasteiger charge is 2.24. The fraction of sp³-hybridized carbons (Fsp3) is 0.259. The maximum atomic E-state index is 11.9. The third-order valence-electron chi connectivity index (χ3n) is 5.53. The monoisotopic (exact) mass is 460 g/mol. The average molecular weight is 461 g/mol. The van der Waals surface area contributed by atoms with Gasteiger partial charge in [-0.3, -0.25) is 0 Å². The van der Waals surface area contributed by atoms with Gasteiger partial charge in [-0.05, 0) is 79.4 Å². The Morgan fingerprint density at radius 2 is 1.82 bits per heavy atom. The summed E-state index contributed by atoms with van der Waals surface area (Å²) in [5, 5.41) is 3.02. The van der Waals surface area contributed by atoms with Crippen molar-refractivity contribution in [2.24, 2.45) is 0 Å². The lowest BCUT2D eigenvalue weighted by Gasteiger charge is -2.15. The van der Waals surface area contributed by atoms with E-state index in [0.717, 1.165) is 39.3 Å². The van der Waals surface area contributed by atoms with Gasteiger partial charge in [0, 0.05) is 24.2 Å². The van der Waals surface area contributed by atoms with Crippen molar-refractivity contribution < 1.29 is 23.7 Å². The Balaban J connectivity index is 1.57. The molecule has 1 aliphatic heterocycles. The second-order valence-electron chi connectivity index (χ2n) is 8.20. The zero-order valence-electron chi connectivity index (χ0n) is 20.0. The highest BCUT2D eigenvalue weighted by atomic mass is 16.6. The van der Waals surface area contributed by atoms with E-state index in [1.807, 2.05) is 56.3 Å². The third-order valence-corrected chi connectivity index (χ3v) is 5.53. The topological polar surface area (TPSA) is 78.9 Å². The minimum absolute atomic E-state index is 0.318. The van der Waals surface area contributed by atoms with Crippen LogP contribution in [0.15, 0.2) is 54.4 Å². The second-order valence-corrected chi connectivity index (χ2v) is 8.20. The van der Waals surface area contributed by atoms with Gasteiger partial charge in [0.25, 0.3) is 0 Å². The molecule has 176 valence electrons. The summed E-state index contributed by atoms with van der Waals surface area (Å²) in [7, 11) is 3.25. The van der Waals surface area contributed by atoms with Crippen molar-refractivity contribution in [2.45, 2.75) is 33.4 Å². The van der Waals surface area contributed by atoms with Gasteiger partial charge in [0.05, 0.1) is 14.2 Å². The Morgan fingerprint density at radius 3 is 2.41 bits per heavy atom. The molecule has 2 heterocycles. The molecular weight excluding hydrogens is 432 g/mol. The summed E-state index contributed by atoms with van der Waals surface area (Å²) in [5.74, 6) is 2.50. The minimum atomic E-state index is -0.346. The standard InChI is InChI=1S/C27H28N2O5/c1-16-10-20(13-23-27(30)33-18(3)29-23)11-17(2)26(16)34-22-7-8-24(31-4)21(14-22)12-19-6-9-25(32-5)28-15-19/h6-11,13-15,18,29H,12H2,1-5H3/b23-13-. The van der Waals surface area contributed by atoms with Crippen LogP contribution < -0.4 is 19.5 Å². The van der Waals surface area contributed by atoms with E-state index in [1.54, 1.807) is 33.4 Å². The van der Waals surface area contributed by atoms with Gasteiger partial charge in [-0.1, -0.05) is 6.07 Å². The highest BCUT2D eigenvalue weighted by molar-refractivity contribution is 5.94. The number of hydrogen-bond acceptors (Lipinski definition) is 7. The van der Waals surface area contributed by atoms with Gasteiger partial charge < -0.3 is 24.3 Å². The number of ether oxygens (including phenoxy) is 4. The number of benzene rings is 2. The molecule has 34 heavy (non-hydrogen) atoms. The van der Waals surface area contributed by atoms with Crippen molar-refractivity contribution in [1.29, 1.82) is 0 Å². The summed E-state index contributed by atoms with van der Waals surface area (Å²) in [4.78, 5) is 16.2. The van der Waals surface area contributed by atoms with Crippen LogP contribution in [0.25, 0.3) is 6.08 Å². The number of pyridine rings is 1. The summed E-state index contributed by atoms with van der Waals surface area (Å²) < 4.78 is 22.1. The number of carbonyl (C=O) groups is 1. The summed E-state index contributed by atoms with van der Waals surface area (Å²) >= 11 is 0. The number of aryl methyl sites for hydroxylation is 2. The van der Waals surface area contributed by atoms with Crippen molar-refractivity contribution in [3.8, 4) is 23.1 Å².